The van der Waals surface area contributed by atoms with Gasteiger partial charge in [-0.25, -0.2) is 4.79 Å². The van der Waals surface area contributed by atoms with E-state index in [-0.39, 0.29) is 32.7 Å². The van der Waals surface area contributed by atoms with E-state index in [0.717, 1.165) is 6.07 Å². The molecule has 0 aromatic heterocycles. The number of aromatic hydroxyl groups is 1. The number of carbonyl (C=O) groups is 2. The minimum atomic E-state index is -0.976. The lowest BCUT2D eigenvalue weighted by Gasteiger charge is -2.08. The highest BCUT2D eigenvalue weighted by Gasteiger charge is 2.18. The van der Waals surface area contributed by atoms with Crippen LogP contribution in [0.2, 0.25) is 10.0 Å². The van der Waals surface area contributed by atoms with Crippen molar-refractivity contribution < 1.29 is 24.4 Å². The molecule has 0 aliphatic rings. The largest absolute Gasteiger partial charge is 0.507 e. The number of esters is 1. The van der Waals surface area contributed by atoms with Gasteiger partial charge in [-0.1, -0.05) is 23.2 Å². The van der Waals surface area contributed by atoms with Crippen molar-refractivity contribution in [2.24, 2.45) is 0 Å². The number of nitrogens with one attached hydrogen (secondary N) is 1. The Morgan fingerprint density at radius 2 is 1.80 bits per heavy atom. The molecule has 0 fully saturated rings. The van der Waals surface area contributed by atoms with E-state index in [2.05, 4.69) is 5.32 Å². The molecule has 8 nitrogen and oxygen atoms in total. The van der Waals surface area contributed by atoms with Crippen LogP contribution in [0.5, 0.6) is 5.75 Å². The normalized spacial score (nSPS) is 10.2. The first-order valence-electron chi connectivity index (χ1n) is 6.67. The Morgan fingerprint density at radius 1 is 1.16 bits per heavy atom. The molecule has 0 heterocycles. The quantitative estimate of drug-likeness (QED) is 0.463. The van der Waals surface area contributed by atoms with Gasteiger partial charge in [0.25, 0.3) is 11.6 Å². The van der Waals surface area contributed by atoms with E-state index in [4.69, 9.17) is 27.9 Å². The fourth-order valence-electron chi connectivity index (χ4n) is 1.83. The van der Waals surface area contributed by atoms with Crippen LogP contribution in [0.3, 0.4) is 0 Å². The van der Waals surface area contributed by atoms with Gasteiger partial charge in [0.2, 0.25) is 0 Å². The average Bonchev–Trinajstić information content (AvgIpc) is 2.54. The molecule has 0 saturated heterocycles. The molecule has 0 bridgehead atoms. The number of nitro groups is 1. The third-order valence-electron chi connectivity index (χ3n) is 2.94. The summed E-state index contributed by atoms with van der Waals surface area (Å²) in [6.45, 7) is -0.728. The molecule has 2 rings (SSSR count). The molecule has 130 valence electrons. The summed E-state index contributed by atoms with van der Waals surface area (Å²) < 4.78 is 4.76. The summed E-state index contributed by atoms with van der Waals surface area (Å²) in [4.78, 5) is 33.9. The van der Waals surface area contributed by atoms with E-state index in [0.29, 0.717) is 0 Å². The Morgan fingerprint density at radius 3 is 2.48 bits per heavy atom. The van der Waals surface area contributed by atoms with Crippen LogP contribution in [0, 0.1) is 10.1 Å². The molecule has 0 saturated carbocycles. The van der Waals surface area contributed by atoms with E-state index in [9.17, 15) is 24.8 Å². The topological polar surface area (TPSA) is 119 Å². The number of amides is 1. The first-order chi connectivity index (χ1) is 11.8. The molecule has 2 aromatic carbocycles. The second kappa shape index (κ2) is 7.82. The highest BCUT2D eigenvalue weighted by Crippen LogP contribution is 2.27. The lowest BCUT2D eigenvalue weighted by molar-refractivity contribution is -0.383. The van der Waals surface area contributed by atoms with Gasteiger partial charge in [-0.3, -0.25) is 14.9 Å². The van der Waals surface area contributed by atoms with Gasteiger partial charge in [-0.2, -0.15) is 0 Å². The van der Waals surface area contributed by atoms with Crippen LogP contribution in [-0.4, -0.2) is 28.5 Å². The number of carbonyl (C=O) groups excluding carboxylic acids is 2. The zero-order valence-corrected chi connectivity index (χ0v) is 13.9. The van der Waals surface area contributed by atoms with E-state index in [1.807, 2.05) is 0 Å². The second-order valence-electron chi connectivity index (χ2n) is 4.70. The van der Waals surface area contributed by atoms with Gasteiger partial charge in [-0.05, 0) is 30.3 Å². The van der Waals surface area contributed by atoms with Gasteiger partial charge in [0.1, 0.15) is 17.0 Å². The summed E-state index contributed by atoms with van der Waals surface area (Å²) in [5.41, 5.74) is -0.713. The van der Waals surface area contributed by atoms with Crippen molar-refractivity contribution in [3.63, 3.8) is 0 Å². The molecular formula is C15H10Cl2N2O6. The van der Waals surface area contributed by atoms with Crippen molar-refractivity contribution in [3.8, 4) is 5.75 Å². The molecule has 0 radical (unpaired) electrons. The number of rotatable bonds is 5. The van der Waals surface area contributed by atoms with Crippen LogP contribution in [0.15, 0.2) is 36.4 Å². The van der Waals surface area contributed by atoms with Crippen LogP contribution in [-0.2, 0) is 9.53 Å². The maximum absolute atomic E-state index is 11.9. The first-order valence-corrected chi connectivity index (χ1v) is 7.43. The summed E-state index contributed by atoms with van der Waals surface area (Å²) in [6, 6.07) is 7.39. The summed E-state index contributed by atoms with van der Waals surface area (Å²) in [7, 11) is 0. The lowest BCUT2D eigenvalue weighted by Crippen LogP contribution is -2.21. The number of hydrogen-bond acceptors (Lipinski definition) is 6. The van der Waals surface area contributed by atoms with Crippen LogP contribution < -0.4 is 5.32 Å². The first kappa shape index (κ1) is 18.5. The summed E-state index contributed by atoms with van der Waals surface area (Å²) >= 11 is 11.5. The van der Waals surface area contributed by atoms with Gasteiger partial charge >= 0.3 is 5.97 Å². The van der Waals surface area contributed by atoms with E-state index < -0.39 is 23.4 Å². The summed E-state index contributed by atoms with van der Waals surface area (Å²) in [5, 5.41) is 23.1. The Hall–Kier alpha value is -2.84. The molecule has 0 aliphatic carbocycles. The smallest absolute Gasteiger partial charge is 0.342 e. The molecule has 0 aliphatic heterocycles. The van der Waals surface area contributed by atoms with Crippen molar-refractivity contribution in [2.45, 2.75) is 0 Å². The Labute approximate surface area is 151 Å². The summed E-state index contributed by atoms with van der Waals surface area (Å²) in [5.74, 6) is -2.16. The monoisotopic (exact) mass is 384 g/mol. The van der Waals surface area contributed by atoms with E-state index >= 15 is 0 Å². The third-order valence-corrected chi connectivity index (χ3v) is 3.41. The van der Waals surface area contributed by atoms with E-state index in [1.165, 1.54) is 30.3 Å². The molecule has 25 heavy (non-hydrogen) atoms. The molecular weight excluding hydrogens is 375 g/mol. The van der Waals surface area contributed by atoms with Crippen molar-refractivity contribution in [2.75, 3.05) is 11.9 Å². The van der Waals surface area contributed by atoms with E-state index in [1.54, 1.807) is 0 Å². The number of benzene rings is 2. The molecule has 1 amide bonds. The predicted molar refractivity (Wildman–Crippen MR) is 90.1 cm³/mol. The number of ether oxygens (including phenoxy) is 1. The number of halogens is 2. The lowest BCUT2D eigenvalue weighted by atomic mass is 10.2. The van der Waals surface area contributed by atoms with Crippen LogP contribution in [0.25, 0.3) is 0 Å². The predicted octanol–water partition coefficient (Wildman–Crippen LogP) is 3.40. The zero-order chi connectivity index (χ0) is 18.6. The Bertz CT molecular complexity index is 856. The van der Waals surface area contributed by atoms with Gasteiger partial charge in [0, 0.05) is 16.1 Å². The van der Waals surface area contributed by atoms with Gasteiger partial charge in [0.05, 0.1) is 4.92 Å². The molecule has 2 aromatic rings. The third kappa shape index (κ3) is 4.82. The van der Waals surface area contributed by atoms with Crippen LogP contribution >= 0.6 is 23.2 Å². The molecule has 0 atom stereocenters. The van der Waals surface area contributed by atoms with Crippen molar-refractivity contribution in [1.82, 2.24) is 0 Å². The fourth-order valence-corrected chi connectivity index (χ4v) is 2.18. The molecule has 0 unspecified atom stereocenters. The van der Waals surface area contributed by atoms with Crippen molar-refractivity contribution in [3.05, 3.63) is 62.1 Å². The van der Waals surface area contributed by atoms with Crippen molar-refractivity contribution >= 4 is 46.5 Å². The average molecular weight is 385 g/mol. The van der Waals surface area contributed by atoms with Gasteiger partial charge in [-0.15, -0.1) is 0 Å². The van der Waals surface area contributed by atoms with Crippen LogP contribution in [0.4, 0.5) is 11.4 Å². The van der Waals surface area contributed by atoms with Gasteiger partial charge in [0.15, 0.2) is 6.61 Å². The number of hydrogen-bond donors (Lipinski definition) is 2. The maximum atomic E-state index is 11.9. The van der Waals surface area contributed by atoms with Crippen LogP contribution in [0.1, 0.15) is 10.4 Å². The van der Waals surface area contributed by atoms with Crippen molar-refractivity contribution in [1.29, 1.82) is 0 Å². The Kier molecular flexibility index (Phi) is 5.79. The number of anilines is 1. The molecule has 0 spiro atoms. The highest BCUT2D eigenvalue weighted by atomic mass is 35.5. The second-order valence-corrected chi connectivity index (χ2v) is 5.58. The van der Waals surface area contributed by atoms with Gasteiger partial charge < -0.3 is 15.2 Å². The molecule has 2 N–H and O–H groups in total. The highest BCUT2D eigenvalue weighted by molar-refractivity contribution is 6.31. The molecule has 10 heteroatoms. The zero-order valence-electron chi connectivity index (χ0n) is 12.4. The minimum absolute atomic E-state index is 0.135. The maximum Gasteiger partial charge on any atom is 0.342 e. The minimum Gasteiger partial charge on any atom is -0.507 e. The number of phenolic OH excluding ortho intramolecular Hbond substituents is 1. The fraction of sp³-hybridized carbons (Fsp3) is 0.0667. The SMILES string of the molecule is O=C(COC(=O)c1cc(Cl)ccc1O)Nc1cc(Cl)ccc1[N+](=O)[O-]. The summed E-state index contributed by atoms with van der Waals surface area (Å²) in [6.07, 6.45) is 0. The number of phenols is 1. The Balaban J connectivity index is 2.04. The number of nitrogens with zero attached hydrogens (tertiary/aromatic N) is 1. The standard InChI is InChI=1S/C15H10Cl2N2O6/c16-8-2-4-13(20)10(5-8)15(22)25-7-14(21)18-11-6-9(17)1-3-12(11)19(23)24/h1-6,20H,7H2,(H,18,21). The number of nitro benzene ring substituents is 1.